The van der Waals surface area contributed by atoms with Gasteiger partial charge in [-0.05, 0) is 18.2 Å². The lowest BCUT2D eigenvalue weighted by Gasteiger charge is -2.10. The molecule has 0 fully saturated rings. The van der Waals surface area contributed by atoms with Gasteiger partial charge in [-0.3, -0.25) is 0 Å². The first kappa shape index (κ1) is 13.3. The molecule has 19 heavy (non-hydrogen) atoms. The largest absolute Gasteiger partial charge is 0.496 e. The average molecular weight is 274 g/mol. The second-order valence-electron chi connectivity index (χ2n) is 3.85. The maximum atomic E-state index is 8.79. The van der Waals surface area contributed by atoms with Gasteiger partial charge in [-0.1, -0.05) is 29.8 Å². The van der Waals surface area contributed by atoms with Gasteiger partial charge in [0.05, 0.1) is 17.7 Å². The number of benzene rings is 2. The van der Waals surface area contributed by atoms with Crippen LogP contribution in [0, 0.1) is 11.3 Å². The average Bonchev–Trinajstić information content (AvgIpc) is 2.45. The highest BCUT2D eigenvalue weighted by atomic mass is 35.5. The van der Waals surface area contributed by atoms with Crippen molar-refractivity contribution in [1.29, 1.82) is 5.26 Å². The van der Waals surface area contributed by atoms with Gasteiger partial charge in [0, 0.05) is 11.6 Å². The molecule has 0 aromatic heterocycles. The second kappa shape index (κ2) is 6.12. The SMILES string of the molecule is COc1ccccc1COc1ccc(C#N)c(Cl)c1. The third-order valence-corrected chi connectivity index (χ3v) is 2.96. The normalized spacial score (nSPS) is 9.74. The first-order chi connectivity index (χ1) is 9.24. The van der Waals surface area contributed by atoms with E-state index in [2.05, 4.69) is 0 Å². The van der Waals surface area contributed by atoms with E-state index in [9.17, 15) is 0 Å². The monoisotopic (exact) mass is 273 g/mol. The van der Waals surface area contributed by atoms with Crippen LogP contribution in [0.5, 0.6) is 11.5 Å². The summed E-state index contributed by atoms with van der Waals surface area (Å²) in [6.07, 6.45) is 0. The summed E-state index contributed by atoms with van der Waals surface area (Å²) >= 11 is 5.94. The van der Waals surface area contributed by atoms with Crippen LogP contribution in [-0.4, -0.2) is 7.11 Å². The highest BCUT2D eigenvalue weighted by Gasteiger charge is 2.05. The van der Waals surface area contributed by atoms with Crippen LogP contribution in [0.15, 0.2) is 42.5 Å². The lowest BCUT2D eigenvalue weighted by Crippen LogP contribution is -1.98. The van der Waals surface area contributed by atoms with Crippen LogP contribution in [0.1, 0.15) is 11.1 Å². The summed E-state index contributed by atoms with van der Waals surface area (Å²) in [6.45, 7) is 0.381. The van der Waals surface area contributed by atoms with Gasteiger partial charge in [0.1, 0.15) is 24.2 Å². The van der Waals surface area contributed by atoms with Crippen molar-refractivity contribution < 1.29 is 9.47 Å². The number of para-hydroxylation sites is 1. The molecule has 0 unspecified atom stereocenters. The fourth-order valence-corrected chi connectivity index (χ4v) is 1.87. The molecule has 0 aliphatic carbocycles. The Labute approximate surface area is 117 Å². The molecule has 0 atom stereocenters. The minimum Gasteiger partial charge on any atom is -0.496 e. The van der Waals surface area contributed by atoms with E-state index in [1.54, 1.807) is 25.3 Å². The van der Waals surface area contributed by atoms with Gasteiger partial charge in [-0.2, -0.15) is 5.26 Å². The number of methoxy groups -OCH3 is 1. The number of nitriles is 1. The summed E-state index contributed by atoms with van der Waals surface area (Å²) in [5, 5.41) is 9.18. The molecule has 4 heteroatoms. The first-order valence-electron chi connectivity index (χ1n) is 5.69. The van der Waals surface area contributed by atoms with Crippen molar-refractivity contribution >= 4 is 11.6 Å². The number of rotatable bonds is 4. The molecule has 0 bridgehead atoms. The molecule has 0 saturated carbocycles. The Morgan fingerprint density at radius 1 is 1.21 bits per heavy atom. The fourth-order valence-electron chi connectivity index (χ4n) is 1.66. The Bertz CT molecular complexity index is 620. The molecule has 2 aromatic carbocycles. The molecule has 0 spiro atoms. The van der Waals surface area contributed by atoms with E-state index in [1.807, 2.05) is 30.3 Å². The number of hydrogen-bond donors (Lipinski definition) is 0. The third-order valence-electron chi connectivity index (χ3n) is 2.65. The van der Waals surface area contributed by atoms with Crippen LogP contribution in [-0.2, 0) is 6.61 Å². The summed E-state index contributed by atoms with van der Waals surface area (Å²) in [6, 6.07) is 14.6. The van der Waals surface area contributed by atoms with Crippen molar-refractivity contribution in [3.63, 3.8) is 0 Å². The Morgan fingerprint density at radius 2 is 2.00 bits per heavy atom. The van der Waals surface area contributed by atoms with E-state index in [-0.39, 0.29) is 0 Å². The quantitative estimate of drug-likeness (QED) is 0.851. The molecular formula is C15H12ClNO2. The van der Waals surface area contributed by atoms with Gasteiger partial charge >= 0.3 is 0 Å². The Morgan fingerprint density at radius 3 is 2.68 bits per heavy atom. The van der Waals surface area contributed by atoms with Crippen LogP contribution in [0.2, 0.25) is 5.02 Å². The molecule has 2 rings (SSSR count). The van der Waals surface area contributed by atoms with Gasteiger partial charge in [0.15, 0.2) is 0 Å². The zero-order valence-electron chi connectivity index (χ0n) is 10.4. The number of nitrogens with zero attached hydrogens (tertiary/aromatic N) is 1. The molecule has 0 amide bonds. The van der Waals surface area contributed by atoms with Gasteiger partial charge in [0.2, 0.25) is 0 Å². The van der Waals surface area contributed by atoms with Crippen molar-refractivity contribution in [1.82, 2.24) is 0 Å². The van der Waals surface area contributed by atoms with Gasteiger partial charge in [0.25, 0.3) is 0 Å². The molecule has 0 saturated heterocycles. The van der Waals surface area contributed by atoms with Crippen molar-refractivity contribution in [3.05, 3.63) is 58.6 Å². The van der Waals surface area contributed by atoms with Crippen LogP contribution < -0.4 is 9.47 Å². The van der Waals surface area contributed by atoms with Crippen LogP contribution in [0.25, 0.3) is 0 Å². The van der Waals surface area contributed by atoms with E-state index < -0.39 is 0 Å². The second-order valence-corrected chi connectivity index (χ2v) is 4.26. The lowest BCUT2D eigenvalue weighted by molar-refractivity contribution is 0.296. The van der Waals surface area contributed by atoms with E-state index in [0.29, 0.717) is 22.9 Å². The zero-order valence-corrected chi connectivity index (χ0v) is 11.1. The summed E-state index contributed by atoms with van der Waals surface area (Å²) in [4.78, 5) is 0. The van der Waals surface area contributed by atoms with Crippen molar-refractivity contribution in [2.45, 2.75) is 6.61 Å². The molecule has 0 heterocycles. The smallest absolute Gasteiger partial charge is 0.125 e. The van der Waals surface area contributed by atoms with E-state index in [4.69, 9.17) is 26.3 Å². The van der Waals surface area contributed by atoms with Crippen molar-refractivity contribution in [2.75, 3.05) is 7.11 Å². The Hall–Kier alpha value is -2.18. The molecule has 0 N–H and O–H groups in total. The highest BCUT2D eigenvalue weighted by molar-refractivity contribution is 6.31. The Balaban J connectivity index is 2.11. The lowest BCUT2D eigenvalue weighted by atomic mass is 10.2. The van der Waals surface area contributed by atoms with Crippen LogP contribution >= 0.6 is 11.6 Å². The third kappa shape index (κ3) is 3.18. The van der Waals surface area contributed by atoms with Gasteiger partial charge < -0.3 is 9.47 Å². The predicted octanol–water partition coefficient (Wildman–Crippen LogP) is 3.80. The number of halogens is 1. The molecule has 0 aliphatic rings. The Kier molecular flexibility index (Phi) is 4.27. The van der Waals surface area contributed by atoms with Gasteiger partial charge in [-0.25, -0.2) is 0 Å². The van der Waals surface area contributed by atoms with Crippen LogP contribution in [0.3, 0.4) is 0 Å². The van der Waals surface area contributed by atoms with Gasteiger partial charge in [-0.15, -0.1) is 0 Å². The predicted molar refractivity (Wildman–Crippen MR) is 73.5 cm³/mol. The molecule has 3 nitrogen and oxygen atoms in total. The highest BCUT2D eigenvalue weighted by Crippen LogP contribution is 2.24. The summed E-state index contributed by atoms with van der Waals surface area (Å²) in [5.41, 5.74) is 1.39. The molecule has 96 valence electrons. The molecule has 2 aromatic rings. The standard InChI is InChI=1S/C15H12ClNO2/c1-18-15-5-3-2-4-12(15)10-19-13-7-6-11(9-17)14(16)8-13/h2-8H,10H2,1H3. The summed E-state index contributed by atoms with van der Waals surface area (Å²) in [7, 11) is 1.62. The van der Waals surface area contributed by atoms with Crippen LogP contribution in [0.4, 0.5) is 0 Å². The fraction of sp³-hybridized carbons (Fsp3) is 0.133. The zero-order chi connectivity index (χ0) is 13.7. The number of hydrogen-bond acceptors (Lipinski definition) is 3. The maximum Gasteiger partial charge on any atom is 0.125 e. The minimum absolute atomic E-state index is 0.381. The van der Waals surface area contributed by atoms with E-state index in [1.165, 1.54) is 0 Å². The van der Waals surface area contributed by atoms with E-state index in [0.717, 1.165) is 11.3 Å². The molecule has 0 aliphatic heterocycles. The topological polar surface area (TPSA) is 42.2 Å². The van der Waals surface area contributed by atoms with Crippen molar-refractivity contribution in [2.24, 2.45) is 0 Å². The maximum absolute atomic E-state index is 8.79. The summed E-state index contributed by atoms with van der Waals surface area (Å²) < 4.78 is 10.9. The van der Waals surface area contributed by atoms with E-state index >= 15 is 0 Å². The molecular weight excluding hydrogens is 262 g/mol. The number of ether oxygens (including phenoxy) is 2. The van der Waals surface area contributed by atoms with Crippen molar-refractivity contribution in [3.8, 4) is 17.6 Å². The first-order valence-corrected chi connectivity index (χ1v) is 6.06. The minimum atomic E-state index is 0.381. The summed E-state index contributed by atoms with van der Waals surface area (Å²) in [5.74, 6) is 1.40. The molecule has 0 radical (unpaired) electrons.